The van der Waals surface area contributed by atoms with Crippen molar-refractivity contribution in [1.29, 1.82) is 0 Å². The van der Waals surface area contributed by atoms with E-state index in [2.05, 4.69) is 38.0 Å². The van der Waals surface area contributed by atoms with Crippen LogP contribution in [0.3, 0.4) is 0 Å². The molecule has 0 aliphatic carbocycles. The van der Waals surface area contributed by atoms with E-state index in [1.807, 2.05) is 20.8 Å². The molecule has 8 rings (SSSR count). The van der Waals surface area contributed by atoms with Crippen LogP contribution >= 0.6 is 0 Å². The third-order valence-corrected chi connectivity index (χ3v) is 16.1. The van der Waals surface area contributed by atoms with E-state index in [0.717, 1.165) is 44.1 Å². The third-order valence-electron chi connectivity index (χ3n) is 16.1. The normalized spacial score (nSPS) is 41.8. The van der Waals surface area contributed by atoms with Gasteiger partial charge in [0.15, 0.2) is 5.79 Å². The molecular weight excluding hydrogens is 893 g/mol. The van der Waals surface area contributed by atoms with E-state index in [0.29, 0.717) is 84.6 Å². The van der Waals surface area contributed by atoms with Crippen molar-refractivity contribution in [2.75, 3.05) is 53.2 Å². The number of carbonyl (C=O) groups is 2. The number of fused-ring (bicyclic) bond motifs is 9. The van der Waals surface area contributed by atoms with Crippen molar-refractivity contribution in [2.45, 2.75) is 234 Å². The third kappa shape index (κ3) is 13.7. The Morgan fingerprint density at radius 1 is 0.826 bits per heavy atom. The van der Waals surface area contributed by atoms with Gasteiger partial charge in [0.1, 0.15) is 23.6 Å². The smallest absolute Gasteiger partial charge is 0.407 e. The van der Waals surface area contributed by atoms with Gasteiger partial charge in [-0.25, -0.2) is 4.79 Å². The summed E-state index contributed by atoms with van der Waals surface area (Å²) in [6, 6.07) is 0. The molecular formula is C52H86N2O15. The Kier molecular flexibility index (Phi) is 17.9. The van der Waals surface area contributed by atoms with Crippen LogP contribution in [0.4, 0.5) is 4.79 Å². The fourth-order valence-electron chi connectivity index (χ4n) is 12.7. The lowest BCUT2D eigenvalue weighted by atomic mass is 9.79. The van der Waals surface area contributed by atoms with Gasteiger partial charge in [0, 0.05) is 77.6 Å². The van der Waals surface area contributed by atoms with Gasteiger partial charge in [-0.3, -0.25) is 4.79 Å². The summed E-state index contributed by atoms with van der Waals surface area (Å²) in [6.45, 7) is 19.6. The first-order valence-corrected chi connectivity index (χ1v) is 26.4. The van der Waals surface area contributed by atoms with Crippen LogP contribution in [0.5, 0.6) is 0 Å². The molecule has 8 fully saturated rings. The molecule has 0 aromatic rings. The number of ether oxygens (including phenoxy) is 11. The van der Waals surface area contributed by atoms with Gasteiger partial charge in [0.2, 0.25) is 0 Å². The van der Waals surface area contributed by atoms with Gasteiger partial charge in [-0.15, -0.1) is 0 Å². The average Bonchev–Trinajstić information content (AvgIpc) is 3.85. The molecule has 10 bridgehead atoms. The van der Waals surface area contributed by atoms with Crippen LogP contribution in [0.25, 0.3) is 0 Å². The Bertz CT molecular complexity index is 1710. The van der Waals surface area contributed by atoms with Gasteiger partial charge in [0.05, 0.1) is 106 Å². The second-order valence-electron chi connectivity index (χ2n) is 23.2. The summed E-state index contributed by atoms with van der Waals surface area (Å²) in [5.41, 5.74) is 0.468. The molecule has 0 radical (unpaired) electrons. The Balaban J connectivity index is 0.896. The minimum absolute atomic E-state index is 0.0187. The van der Waals surface area contributed by atoms with E-state index >= 15 is 0 Å². The Hall–Kier alpha value is -1.84. The van der Waals surface area contributed by atoms with Gasteiger partial charge in [-0.05, 0) is 82.6 Å². The molecule has 69 heavy (non-hydrogen) atoms. The first-order chi connectivity index (χ1) is 32.9. The van der Waals surface area contributed by atoms with Crippen LogP contribution in [0.15, 0.2) is 12.2 Å². The highest BCUT2D eigenvalue weighted by Crippen LogP contribution is 2.50. The quantitative estimate of drug-likeness (QED) is 0.133. The van der Waals surface area contributed by atoms with Crippen molar-refractivity contribution in [3.8, 4) is 0 Å². The van der Waals surface area contributed by atoms with E-state index in [1.54, 1.807) is 7.11 Å². The van der Waals surface area contributed by atoms with Gasteiger partial charge in [0.25, 0.3) is 0 Å². The number of amides is 1. The fraction of sp³-hybridized carbons (Fsp3) is 0.923. The topological polar surface area (TPSA) is 200 Å². The van der Waals surface area contributed by atoms with E-state index in [9.17, 15) is 19.8 Å². The Labute approximate surface area is 410 Å². The molecule has 0 aromatic carbocycles. The SMILES string of the molecule is C=C1[C@H](C)C[C@@H]2CC[C@@H]3O[C@@H](CC[C@]45C[C@@H](O)[C@H](O4)[C@H]4C[C@@H](O5)[C@H]5O[C@H](CC[C@@H]5O4)CC(=O)C[C@@H]4[C@@H](OC)[C@@H](C[C@H](O)CNCCOCCOCCNC(=O)OC(C)(C)C)O[C@H]4C[C@H]1O2)CC3(C)C. The average molecular weight is 979 g/mol. The second-order valence-corrected chi connectivity index (χ2v) is 23.2. The number of aliphatic hydroxyl groups excluding tert-OH is 2. The van der Waals surface area contributed by atoms with Crippen molar-refractivity contribution in [3.63, 3.8) is 0 Å². The van der Waals surface area contributed by atoms with E-state index < -0.39 is 48.0 Å². The molecule has 0 saturated carbocycles. The summed E-state index contributed by atoms with van der Waals surface area (Å²) in [7, 11) is 1.67. The predicted molar refractivity (Wildman–Crippen MR) is 253 cm³/mol. The first-order valence-electron chi connectivity index (χ1n) is 26.4. The Morgan fingerprint density at radius 2 is 1.59 bits per heavy atom. The number of carbonyl (C=O) groups excluding carboxylic acids is 2. The molecule has 4 N–H and O–H groups in total. The van der Waals surface area contributed by atoms with Crippen LogP contribution in [-0.2, 0) is 56.9 Å². The fourth-order valence-corrected chi connectivity index (χ4v) is 12.7. The Morgan fingerprint density at radius 3 is 2.36 bits per heavy atom. The number of aliphatic hydroxyl groups is 2. The molecule has 17 heteroatoms. The van der Waals surface area contributed by atoms with Gasteiger partial charge in [-0.2, -0.15) is 0 Å². The van der Waals surface area contributed by atoms with E-state index in [1.165, 1.54) is 0 Å². The standard InChI is InChI=1S/C52H86N2O15/c1-30-21-34-10-12-45-51(6,7)27-36(63-45)13-14-52-28-38(57)47(68-52)43-26-44(67-52)48-39(65-43)11-9-35(64-48)22-32(55)23-37-41(25-40(62-34)31(30)2)66-42(46(37)59-8)24-33(56)29-53-15-17-60-19-20-61-18-16-54-49(58)69-50(3,4)5/h30,33-48,53,56-57H,2,9-29H2,1,3-8H3,(H,54,58)/t30-,33+,34+,35-,36+,37+,38-,39+,40-,41+,42-,43-,44-,45+,46-,47+,48+,52-/m1/s1. The maximum atomic E-state index is 14.3. The van der Waals surface area contributed by atoms with Gasteiger partial charge in [-0.1, -0.05) is 27.4 Å². The van der Waals surface area contributed by atoms with Gasteiger partial charge >= 0.3 is 6.09 Å². The van der Waals surface area contributed by atoms with Crippen LogP contribution in [0.2, 0.25) is 0 Å². The number of rotatable bonds is 14. The number of alkyl carbamates (subject to hydrolysis) is 1. The molecule has 394 valence electrons. The second kappa shape index (κ2) is 23.1. The molecule has 1 spiro atoms. The van der Waals surface area contributed by atoms with Crippen LogP contribution in [-0.4, -0.2) is 178 Å². The zero-order chi connectivity index (χ0) is 49.1. The molecule has 0 aromatic heterocycles. The largest absolute Gasteiger partial charge is 0.444 e. The lowest BCUT2D eigenvalue weighted by Gasteiger charge is -2.47. The summed E-state index contributed by atoms with van der Waals surface area (Å²) in [4.78, 5) is 26.1. The van der Waals surface area contributed by atoms with Crippen LogP contribution in [0, 0.1) is 17.3 Å². The molecule has 0 unspecified atom stereocenters. The number of hydrogen-bond acceptors (Lipinski definition) is 16. The maximum absolute atomic E-state index is 14.3. The zero-order valence-electron chi connectivity index (χ0n) is 42.6. The van der Waals surface area contributed by atoms with Crippen molar-refractivity contribution in [1.82, 2.24) is 10.6 Å². The lowest BCUT2D eigenvalue weighted by molar-refractivity contribution is -0.277. The van der Waals surface area contributed by atoms with Crippen molar-refractivity contribution in [3.05, 3.63) is 12.2 Å². The monoisotopic (exact) mass is 979 g/mol. The van der Waals surface area contributed by atoms with Crippen molar-refractivity contribution >= 4 is 11.9 Å². The van der Waals surface area contributed by atoms with Crippen LogP contribution in [0.1, 0.15) is 131 Å². The highest BCUT2D eigenvalue weighted by Gasteiger charge is 2.60. The molecule has 8 saturated heterocycles. The number of ketones is 1. The predicted octanol–water partition coefficient (Wildman–Crippen LogP) is 5.08. The molecule has 1 amide bonds. The molecule has 17 nitrogen and oxygen atoms in total. The minimum atomic E-state index is -0.955. The number of hydrogen-bond donors (Lipinski definition) is 4. The van der Waals surface area contributed by atoms with Crippen molar-refractivity contribution < 1.29 is 71.9 Å². The van der Waals surface area contributed by atoms with Gasteiger partial charge < -0.3 is 73.0 Å². The van der Waals surface area contributed by atoms with E-state index in [-0.39, 0.29) is 96.9 Å². The highest BCUT2D eigenvalue weighted by molar-refractivity contribution is 5.79. The number of Topliss-reactive ketones (excluding diaryl/α,β-unsaturated/α-hetero) is 1. The highest BCUT2D eigenvalue weighted by atomic mass is 16.7. The summed E-state index contributed by atoms with van der Waals surface area (Å²) in [5.74, 6) is -0.899. The molecule has 18 atom stereocenters. The molecule has 8 aliphatic rings. The van der Waals surface area contributed by atoms with Crippen molar-refractivity contribution in [2.24, 2.45) is 17.3 Å². The minimum Gasteiger partial charge on any atom is -0.444 e. The number of nitrogens with one attached hydrogen (secondary N) is 2. The number of methoxy groups -OCH3 is 1. The zero-order valence-corrected chi connectivity index (χ0v) is 42.6. The summed E-state index contributed by atoms with van der Waals surface area (Å²) >= 11 is 0. The molecule has 8 heterocycles. The van der Waals surface area contributed by atoms with E-state index in [4.69, 9.17) is 52.1 Å². The summed E-state index contributed by atoms with van der Waals surface area (Å²) in [5, 5.41) is 28.6. The first kappa shape index (κ1) is 53.5. The summed E-state index contributed by atoms with van der Waals surface area (Å²) < 4.78 is 70.5. The summed E-state index contributed by atoms with van der Waals surface area (Å²) in [6.07, 6.45) is 3.46. The maximum Gasteiger partial charge on any atom is 0.407 e. The lowest BCUT2D eigenvalue weighted by Crippen LogP contribution is -2.58. The molecule has 8 aliphatic heterocycles. The van der Waals surface area contributed by atoms with Crippen LogP contribution < -0.4 is 10.6 Å².